The molecule has 2 amide bonds. The van der Waals surface area contributed by atoms with Crippen LogP contribution in [0.5, 0.6) is 0 Å². The zero-order chi connectivity index (χ0) is 20.8. The highest BCUT2D eigenvalue weighted by molar-refractivity contribution is 5.89. The number of carbonyl (C=O) groups excluding carboxylic acids is 1. The van der Waals surface area contributed by atoms with Crippen LogP contribution < -0.4 is 10.6 Å². The highest BCUT2D eigenvalue weighted by atomic mass is 16.5. The highest BCUT2D eigenvalue weighted by Crippen LogP contribution is 2.29. The van der Waals surface area contributed by atoms with Crippen LogP contribution in [0.4, 0.5) is 10.5 Å². The van der Waals surface area contributed by atoms with E-state index in [1.165, 1.54) is 18.4 Å². The fourth-order valence-corrected chi connectivity index (χ4v) is 3.10. The molecule has 0 spiro atoms. The van der Waals surface area contributed by atoms with Crippen LogP contribution >= 0.6 is 0 Å². The molecular weight excluding hydrogens is 378 g/mol. The number of nitrogens with zero attached hydrogens (tertiary/aromatic N) is 1. The number of hydrogen-bond donors (Lipinski definition) is 2. The van der Waals surface area contributed by atoms with Crippen molar-refractivity contribution in [1.82, 2.24) is 10.3 Å². The molecule has 3 aromatic rings. The summed E-state index contributed by atoms with van der Waals surface area (Å²) in [6.45, 7) is 3.91. The molecule has 6 nitrogen and oxygen atoms in total. The molecular formula is C24H27N3O3. The number of carbonyl (C=O) groups is 1. The predicted octanol–water partition coefficient (Wildman–Crippen LogP) is 4.94. The molecule has 0 radical (unpaired) electrons. The third-order valence-corrected chi connectivity index (χ3v) is 5.02. The first-order chi connectivity index (χ1) is 14.7. The second-order valence-electron chi connectivity index (χ2n) is 7.80. The van der Waals surface area contributed by atoms with E-state index in [9.17, 15) is 4.79 Å². The summed E-state index contributed by atoms with van der Waals surface area (Å²) in [5.41, 5.74) is 4.75. The molecule has 30 heavy (non-hydrogen) atoms. The van der Waals surface area contributed by atoms with Gasteiger partial charge in [-0.2, -0.15) is 0 Å². The molecule has 1 fully saturated rings. The quantitative estimate of drug-likeness (QED) is 0.529. The maximum absolute atomic E-state index is 12.2. The Kier molecular flexibility index (Phi) is 6.44. The fraction of sp³-hybridized carbons (Fsp3) is 0.333. The number of rotatable bonds is 9. The molecule has 1 aromatic heterocycles. The second kappa shape index (κ2) is 9.59. The average molecular weight is 405 g/mol. The molecule has 1 aliphatic carbocycles. The minimum Gasteiger partial charge on any atom is -0.444 e. The summed E-state index contributed by atoms with van der Waals surface area (Å²) in [6, 6.07) is 15.5. The zero-order valence-corrected chi connectivity index (χ0v) is 17.2. The summed E-state index contributed by atoms with van der Waals surface area (Å²) >= 11 is 0. The highest BCUT2D eigenvalue weighted by Gasteiger charge is 2.21. The summed E-state index contributed by atoms with van der Waals surface area (Å²) in [5, 5.41) is 5.73. The van der Waals surface area contributed by atoms with E-state index < -0.39 is 0 Å². The van der Waals surface area contributed by atoms with Crippen molar-refractivity contribution < 1.29 is 13.9 Å². The molecule has 0 atom stereocenters. The summed E-state index contributed by atoms with van der Waals surface area (Å²) < 4.78 is 11.3. The normalized spacial score (nSPS) is 13.2. The van der Waals surface area contributed by atoms with Crippen LogP contribution in [0.3, 0.4) is 0 Å². The van der Waals surface area contributed by atoms with Crippen molar-refractivity contribution in [2.24, 2.45) is 5.92 Å². The van der Waals surface area contributed by atoms with Crippen LogP contribution in [-0.2, 0) is 17.8 Å². The maximum atomic E-state index is 12.2. The SMILES string of the molecule is Cc1ccc(-c2nc(CCNC(=O)Nc3cccc(COCC4CC4)c3)co2)cc1. The van der Waals surface area contributed by atoms with E-state index >= 15 is 0 Å². The smallest absolute Gasteiger partial charge is 0.319 e. The van der Waals surface area contributed by atoms with Gasteiger partial charge in [-0.1, -0.05) is 29.8 Å². The van der Waals surface area contributed by atoms with E-state index in [1.807, 2.05) is 55.5 Å². The van der Waals surface area contributed by atoms with Crippen molar-refractivity contribution in [3.8, 4) is 11.5 Å². The summed E-state index contributed by atoms with van der Waals surface area (Å²) in [7, 11) is 0. The van der Waals surface area contributed by atoms with Crippen molar-refractivity contribution in [2.75, 3.05) is 18.5 Å². The Labute approximate surface area is 176 Å². The molecule has 0 aliphatic heterocycles. The Balaban J connectivity index is 1.21. The van der Waals surface area contributed by atoms with Gasteiger partial charge in [0, 0.05) is 30.8 Å². The van der Waals surface area contributed by atoms with Crippen molar-refractivity contribution in [3.05, 3.63) is 71.6 Å². The van der Waals surface area contributed by atoms with Crippen LogP contribution in [-0.4, -0.2) is 24.2 Å². The molecule has 1 aliphatic rings. The van der Waals surface area contributed by atoms with Gasteiger partial charge in [0.05, 0.1) is 12.3 Å². The molecule has 1 saturated carbocycles. The Morgan fingerprint density at radius 1 is 1.20 bits per heavy atom. The first-order valence-electron chi connectivity index (χ1n) is 10.4. The second-order valence-corrected chi connectivity index (χ2v) is 7.80. The largest absolute Gasteiger partial charge is 0.444 e. The molecule has 2 N–H and O–H groups in total. The van der Waals surface area contributed by atoms with Crippen LogP contribution in [0.15, 0.2) is 59.2 Å². The lowest BCUT2D eigenvalue weighted by Crippen LogP contribution is -2.30. The average Bonchev–Trinajstić information content (AvgIpc) is 3.44. The monoisotopic (exact) mass is 405 g/mol. The Bertz CT molecular complexity index is 977. The molecule has 2 aromatic carbocycles. The molecule has 1 heterocycles. The van der Waals surface area contributed by atoms with Gasteiger partial charge in [0.25, 0.3) is 0 Å². The van der Waals surface area contributed by atoms with E-state index in [2.05, 4.69) is 15.6 Å². The van der Waals surface area contributed by atoms with Gasteiger partial charge in [-0.25, -0.2) is 9.78 Å². The molecule has 0 bridgehead atoms. The Morgan fingerprint density at radius 3 is 2.83 bits per heavy atom. The lowest BCUT2D eigenvalue weighted by Gasteiger charge is -2.09. The number of urea groups is 1. The van der Waals surface area contributed by atoms with E-state index in [0.717, 1.165) is 35.0 Å². The van der Waals surface area contributed by atoms with E-state index in [0.29, 0.717) is 25.5 Å². The topological polar surface area (TPSA) is 76.4 Å². The number of anilines is 1. The molecule has 0 unspecified atom stereocenters. The standard InChI is InChI=1S/C24H27N3O3/c1-17-5-9-20(10-6-17)23-26-22(16-30-23)11-12-25-24(28)27-21-4-2-3-19(13-21)15-29-14-18-7-8-18/h2-6,9-10,13,16,18H,7-8,11-12,14-15H2,1H3,(H2,25,27,28). The van der Waals surface area contributed by atoms with Gasteiger partial charge < -0.3 is 19.8 Å². The fourth-order valence-electron chi connectivity index (χ4n) is 3.10. The molecule has 4 rings (SSSR count). The van der Waals surface area contributed by atoms with Gasteiger partial charge in [0.2, 0.25) is 5.89 Å². The van der Waals surface area contributed by atoms with Gasteiger partial charge in [-0.3, -0.25) is 0 Å². The number of aryl methyl sites for hydroxylation is 1. The number of hydrogen-bond acceptors (Lipinski definition) is 4. The number of benzene rings is 2. The first-order valence-corrected chi connectivity index (χ1v) is 10.4. The minimum atomic E-state index is -0.242. The lowest BCUT2D eigenvalue weighted by molar-refractivity contribution is 0.111. The van der Waals surface area contributed by atoms with E-state index in [-0.39, 0.29) is 6.03 Å². The number of amides is 2. The van der Waals surface area contributed by atoms with Crippen LogP contribution in [0.2, 0.25) is 0 Å². The van der Waals surface area contributed by atoms with Crippen molar-refractivity contribution >= 4 is 11.7 Å². The lowest BCUT2D eigenvalue weighted by atomic mass is 10.1. The third kappa shape index (κ3) is 5.94. The van der Waals surface area contributed by atoms with Crippen molar-refractivity contribution in [3.63, 3.8) is 0 Å². The van der Waals surface area contributed by atoms with E-state index in [4.69, 9.17) is 9.15 Å². The molecule has 0 saturated heterocycles. The van der Waals surface area contributed by atoms with Crippen molar-refractivity contribution in [1.29, 1.82) is 0 Å². The summed E-state index contributed by atoms with van der Waals surface area (Å²) in [6.07, 6.45) is 4.80. The van der Waals surface area contributed by atoms with Crippen molar-refractivity contribution in [2.45, 2.75) is 32.8 Å². The van der Waals surface area contributed by atoms with Gasteiger partial charge in [0.1, 0.15) is 6.26 Å². The molecule has 156 valence electrons. The van der Waals surface area contributed by atoms with Crippen LogP contribution in [0.25, 0.3) is 11.5 Å². The van der Waals surface area contributed by atoms with E-state index in [1.54, 1.807) is 6.26 Å². The Hall–Kier alpha value is -3.12. The van der Waals surface area contributed by atoms with Gasteiger partial charge in [-0.15, -0.1) is 0 Å². The van der Waals surface area contributed by atoms with Crippen LogP contribution in [0.1, 0.15) is 29.7 Å². The predicted molar refractivity (Wildman–Crippen MR) is 116 cm³/mol. The van der Waals surface area contributed by atoms with Gasteiger partial charge in [-0.05, 0) is 55.5 Å². The number of aromatic nitrogens is 1. The maximum Gasteiger partial charge on any atom is 0.319 e. The Morgan fingerprint density at radius 2 is 2.03 bits per heavy atom. The minimum absolute atomic E-state index is 0.242. The number of oxazole rings is 1. The number of ether oxygens (including phenoxy) is 1. The van der Waals surface area contributed by atoms with Gasteiger partial charge in [0.15, 0.2) is 0 Å². The zero-order valence-electron chi connectivity index (χ0n) is 17.2. The number of nitrogens with one attached hydrogen (secondary N) is 2. The molecule has 6 heteroatoms. The first kappa shape index (κ1) is 20.2. The van der Waals surface area contributed by atoms with Crippen LogP contribution in [0, 0.1) is 12.8 Å². The third-order valence-electron chi connectivity index (χ3n) is 5.02. The summed E-state index contributed by atoms with van der Waals surface area (Å²) in [4.78, 5) is 16.7. The van der Waals surface area contributed by atoms with Gasteiger partial charge >= 0.3 is 6.03 Å². The summed E-state index contributed by atoms with van der Waals surface area (Å²) in [5.74, 6) is 1.34.